The Morgan fingerprint density at radius 2 is 1.79 bits per heavy atom. The molecule has 2 aromatic carbocycles. The van der Waals surface area contributed by atoms with E-state index in [4.69, 9.17) is 12.2 Å². The molecular weight excluding hydrogens is 466 g/mol. The van der Waals surface area contributed by atoms with Gasteiger partial charge < -0.3 is 10.2 Å². The van der Waals surface area contributed by atoms with Gasteiger partial charge in [-0.3, -0.25) is 20.2 Å². The molecule has 1 aliphatic rings. The lowest BCUT2D eigenvalue weighted by Gasteiger charge is -2.31. The highest BCUT2D eigenvalue weighted by Gasteiger charge is 2.27. The van der Waals surface area contributed by atoms with Crippen molar-refractivity contribution in [3.8, 4) is 0 Å². The van der Waals surface area contributed by atoms with Gasteiger partial charge in [0.15, 0.2) is 5.11 Å². The van der Waals surface area contributed by atoms with E-state index in [2.05, 4.69) is 15.5 Å². The monoisotopic (exact) mass is 489 g/mol. The number of nitro groups is 1. The van der Waals surface area contributed by atoms with Crippen molar-refractivity contribution >= 4 is 50.7 Å². The molecule has 0 saturated carbocycles. The number of sulfonamides is 1. The SMILES string of the molecule is CN1CCN(S(=O)(=O)c2ccc(NC(=S)NC(=O)/C=C/c3cccc([N+](=O)[O-])c3)cc2)CC1. The molecule has 1 aliphatic heterocycles. The van der Waals surface area contributed by atoms with Crippen LogP contribution in [0.3, 0.4) is 0 Å². The fraction of sp³-hybridized carbons (Fsp3) is 0.238. The van der Waals surface area contributed by atoms with E-state index in [-0.39, 0.29) is 15.7 Å². The minimum absolute atomic E-state index is 0.0263. The van der Waals surface area contributed by atoms with Crippen LogP contribution in [-0.2, 0) is 14.8 Å². The van der Waals surface area contributed by atoms with Crippen molar-refractivity contribution in [2.45, 2.75) is 4.90 Å². The van der Waals surface area contributed by atoms with Crippen LogP contribution < -0.4 is 10.6 Å². The number of hydrogen-bond donors (Lipinski definition) is 2. The summed E-state index contributed by atoms with van der Waals surface area (Å²) in [5.41, 5.74) is 0.934. The zero-order chi connectivity index (χ0) is 24.0. The number of piperazine rings is 1. The van der Waals surface area contributed by atoms with Crippen LogP contribution in [0.1, 0.15) is 5.56 Å². The Kier molecular flexibility index (Phi) is 7.87. The number of carbonyl (C=O) groups excluding carboxylic acids is 1. The molecule has 0 unspecified atom stereocenters. The van der Waals surface area contributed by atoms with Crippen molar-refractivity contribution in [2.24, 2.45) is 0 Å². The molecule has 1 amide bonds. The van der Waals surface area contributed by atoms with E-state index in [0.29, 0.717) is 37.4 Å². The number of nitrogens with zero attached hydrogens (tertiary/aromatic N) is 3. The lowest BCUT2D eigenvalue weighted by Crippen LogP contribution is -2.46. The van der Waals surface area contributed by atoms with Gasteiger partial charge in [-0.05, 0) is 55.2 Å². The highest BCUT2D eigenvalue weighted by molar-refractivity contribution is 7.89. The number of anilines is 1. The summed E-state index contributed by atoms with van der Waals surface area (Å²) in [6.07, 6.45) is 2.64. The second-order valence-corrected chi connectivity index (χ2v) is 9.71. The van der Waals surface area contributed by atoms with Gasteiger partial charge in [0.05, 0.1) is 9.82 Å². The number of hydrogen-bond acceptors (Lipinski definition) is 7. The molecule has 0 atom stereocenters. The molecular formula is C21H23N5O5S2. The van der Waals surface area contributed by atoms with Crippen LogP contribution >= 0.6 is 12.2 Å². The average Bonchev–Trinajstić information content (AvgIpc) is 2.78. The fourth-order valence-electron chi connectivity index (χ4n) is 3.12. The second-order valence-electron chi connectivity index (χ2n) is 7.36. The van der Waals surface area contributed by atoms with Gasteiger partial charge in [-0.25, -0.2) is 8.42 Å². The lowest BCUT2D eigenvalue weighted by molar-refractivity contribution is -0.384. The summed E-state index contributed by atoms with van der Waals surface area (Å²) >= 11 is 5.12. The van der Waals surface area contributed by atoms with Gasteiger partial charge in [0.25, 0.3) is 5.69 Å². The number of non-ortho nitro benzene ring substituents is 1. The van der Waals surface area contributed by atoms with Crippen LogP contribution in [-0.4, -0.2) is 66.8 Å². The third kappa shape index (κ3) is 6.65. The van der Waals surface area contributed by atoms with Gasteiger partial charge in [0, 0.05) is 50.1 Å². The maximum absolute atomic E-state index is 12.8. The molecule has 1 fully saturated rings. The van der Waals surface area contributed by atoms with E-state index >= 15 is 0 Å². The minimum atomic E-state index is -3.57. The van der Waals surface area contributed by atoms with Crippen molar-refractivity contribution in [3.05, 3.63) is 70.3 Å². The summed E-state index contributed by atoms with van der Waals surface area (Å²) in [4.78, 5) is 24.6. The Morgan fingerprint density at radius 3 is 2.42 bits per heavy atom. The molecule has 12 heteroatoms. The average molecular weight is 490 g/mol. The molecule has 0 radical (unpaired) electrons. The number of likely N-dealkylation sites (N-methyl/N-ethyl adjacent to an activating group) is 1. The van der Waals surface area contributed by atoms with E-state index in [1.165, 1.54) is 46.8 Å². The fourth-order valence-corrected chi connectivity index (χ4v) is 4.76. The molecule has 174 valence electrons. The van der Waals surface area contributed by atoms with Gasteiger partial charge in [-0.2, -0.15) is 4.31 Å². The topological polar surface area (TPSA) is 125 Å². The largest absolute Gasteiger partial charge is 0.332 e. The van der Waals surface area contributed by atoms with Crippen LogP contribution in [0.25, 0.3) is 6.08 Å². The van der Waals surface area contributed by atoms with Crippen molar-refractivity contribution in [1.82, 2.24) is 14.5 Å². The molecule has 0 aliphatic carbocycles. The zero-order valence-electron chi connectivity index (χ0n) is 17.8. The third-order valence-corrected chi connectivity index (χ3v) is 7.07. The standard InChI is InChI=1S/C21H23N5O5S2/c1-24-11-13-25(14-12-24)33(30,31)19-8-6-17(7-9-19)22-21(32)23-20(27)10-5-16-3-2-4-18(15-16)26(28)29/h2-10,15H,11-14H2,1H3,(H2,22,23,27,32)/b10-5+. The summed E-state index contributed by atoms with van der Waals surface area (Å²) in [7, 11) is -1.61. The van der Waals surface area contributed by atoms with Gasteiger partial charge in [0.1, 0.15) is 0 Å². The number of rotatable bonds is 6. The summed E-state index contributed by atoms with van der Waals surface area (Å²) in [5.74, 6) is -0.520. The predicted molar refractivity (Wildman–Crippen MR) is 129 cm³/mol. The summed E-state index contributed by atoms with van der Waals surface area (Å²) in [5, 5.41) is 16.1. The number of amides is 1. The summed E-state index contributed by atoms with van der Waals surface area (Å²) < 4.78 is 27.0. The summed E-state index contributed by atoms with van der Waals surface area (Å²) in [6, 6.07) is 12.0. The van der Waals surface area contributed by atoms with Crippen molar-refractivity contribution in [1.29, 1.82) is 0 Å². The van der Waals surface area contributed by atoms with Crippen LogP contribution in [0.4, 0.5) is 11.4 Å². The molecule has 10 nitrogen and oxygen atoms in total. The quantitative estimate of drug-likeness (QED) is 0.273. The van der Waals surface area contributed by atoms with Crippen LogP contribution in [0.2, 0.25) is 0 Å². The van der Waals surface area contributed by atoms with E-state index in [1.54, 1.807) is 18.2 Å². The highest BCUT2D eigenvalue weighted by atomic mass is 32.2. The van der Waals surface area contributed by atoms with Crippen LogP contribution in [0.5, 0.6) is 0 Å². The van der Waals surface area contributed by atoms with Gasteiger partial charge in [-0.15, -0.1) is 0 Å². The molecule has 2 aromatic rings. The molecule has 1 saturated heterocycles. The molecule has 0 spiro atoms. The molecule has 33 heavy (non-hydrogen) atoms. The Balaban J connectivity index is 1.55. The highest BCUT2D eigenvalue weighted by Crippen LogP contribution is 2.20. The van der Waals surface area contributed by atoms with Crippen molar-refractivity contribution < 1.29 is 18.1 Å². The van der Waals surface area contributed by atoms with Gasteiger partial charge in [0.2, 0.25) is 15.9 Å². The molecule has 0 aromatic heterocycles. The van der Waals surface area contributed by atoms with Crippen molar-refractivity contribution in [3.63, 3.8) is 0 Å². The van der Waals surface area contributed by atoms with E-state index in [1.807, 2.05) is 7.05 Å². The van der Waals surface area contributed by atoms with Gasteiger partial charge in [-0.1, -0.05) is 12.1 Å². The van der Waals surface area contributed by atoms with Gasteiger partial charge >= 0.3 is 0 Å². The number of thiocarbonyl (C=S) groups is 1. The van der Waals surface area contributed by atoms with Crippen molar-refractivity contribution in [2.75, 3.05) is 38.5 Å². The number of nitro benzene ring substituents is 1. The third-order valence-electron chi connectivity index (χ3n) is 4.96. The predicted octanol–water partition coefficient (Wildman–Crippen LogP) is 2.06. The first-order valence-electron chi connectivity index (χ1n) is 9.98. The Labute approximate surface area is 197 Å². The Bertz CT molecular complexity index is 1170. The van der Waals surface area contributed by atoms with E-state index in [9.17, 15) is 23.3 Å². The maximum atomic E-state index is 12.8. The maximum Gasteiger partial charge on any atom is 0.270 e. The summed E-state index contributed by atoms with van der Waals surface area (Å²) in [6.45, 7) is 2.25. The normalized spacial score (nSPS) is 15.3. The van der Waals surface area contributed by atoms with E-state index in [0.717, 1.165) is 0 Å². The molecule has 3 rings (SSSR count). The first-order valence-corrected chi connectivity index (χ1v) is 11.8. The van der Waals surface area contributed by atoms with Crippen LogP contribution in [0.15, 0.2) is 59.5 Å². The first kappa shape index (κ1) is 24.5. The number of benzene rings is 2. The molecule has 1 heterocycles. The molecule has 2 N–H and O–H groups in total. The Hall–Kier alpha value is -3.19. The molecule has 0 bridgehead atoms. The number of nitrogens with one attached hydrogen (secondary N) is 2. The second kappa shape index (κ2) is 10.6. The Morgan fingerprint density at radius 1 is 1.12 bits per heavy atom. The number of carbonyl (C=O) groups is 1. The smallest absolute Gasteiger partial charge is 0.270 e. The first-order chi connectivity index (χ1) is 15.6. The zero-order valence-corrected chi connectivity index (χ0v) is 19.4. The van der Waals surface area contributed by atoms with Crippen LogP contribution in [0, 0.1) is 10.1 Å². The lowest BCUT2D eigenvalue weighted by atomic mass is 10.2. The minimum Gasteiger partial charge on any atom is -0.332 e. The van der Waals surface area contributed by atoms with E-state index < -0.39 is 20.9 Å².